The Bertz CT molecular complexity index is 414. The average Bonchev–Trinajstić information content (AvgIpc) is 2.82. The molecule has 0 radical (unpaired) electrons. The monoisotopic (exact) mass is 235 g/mol. The second-order valence-electron chi connectivity index (χ2n) is 4.08. The molecule has 1 aromatic rings. The molecule has 5 nitrogen and oxygen atoms in total. The van der Waals surface area contributed by atoms with Crippen LogP contribution >= 0.6 is 0 Å². The van der Waals surface area contributed by atoms with Gasteiger partial charge < -0.3 is 9.64 Å². The van der Waals surface area contributed by atoms with Gasteiger partial charge in [-0.15, -0.1) is 0 Å². The van der Waals surface area contributed by atoms with Crippen LogP contribution in [0.1, 0.15) is 35.8 Å². The minimum atomic E-state index is -0.349. The highest BCUT2D eigenvalue weighted by molar-refractivity contribution is 5.90. The largest absolute Gasteiger partial charge is 0.462 e. The van der Waals surface area contributed by atoms with Gasteiger partial charge >= 0.3 is 5.97 Å². The standard InChI is InChI=1S/C12H17N3O2/c1-3-17-11(16)10-8-13-12(14-9(10)2)15-6-4-5-7-15/h8H,3-7H2,1-2H3. The zero-order valence-electron chi connectivity index (χ0n) is 10.3. The molecule has 2 heterocycles. The molecule has 0 aromatic carbocycles. The minimum Gasteiger partial charge on any atom is -0.462 e. The predicted octanol–water partition coefficient (Wildman–Crippen LogP) is 1.56. The van der Waals surface area contributed by atoms with E-state index in [1.54, 1.807) is 13.1 Å². The summed E-state index contributed by atoms with van der Waals surface area (Å²) in [6.45, 7) is 5.96. The zero-order valence-corrected chi connectivity index (χ0v) is 10.3. The van der Waals surface area contributed by atoms with Gasteiger partial charge in [-0.3, -0.25) is 0 Å². The van der Waals surface area contributed by atoms with Crippen molar-refractivity contribution < 1.29 is 9.53 Å². The van der Waals surface area contributed by atoms with E-state index in [1.807, 2.05) is 6.92 Å². The van der Waals surface area contributed by atoms with E-state index in [2.05, 4.69) is 14.9 Å². The number of hydrogen-bond acceptors (Lipinski definition) is 5. The van der Waals surface area contributed by atoms with E-state index in [9.17, 15) is 4.79 Å². The smallest absolute Gasteiger partial charge is 0.341 e. The minimum absolute atomic E-state index is 0.349. The van der Waals surface area contributed by atoms with Crippen molar-refractivity contribution in [3.8, 4) is 0 Å². The van der Waals surface area contributed by atoms with Crippen LogP contribution in [0.15, 0.2) is 6.20 Å². The molecule has 0 aliphatic carbocycles. The summed E-state index contributed by atoms with van der Waals surface area (Å²) in [4.78, 5) is 22.3. The fourth-order valence-corrected chi connectivity index (χ4v) is 1.93. The predicted molar refractivity (Wildman–Crippen MR) is 64.2 cm³/mol. The molecular weight excluding hydrogens is 218 g/mol. The van der Waals surface area contributed by atoms with Crippen molar-refractivity contribution in [2.75, 3.05) is 24.6 Å². The zero-order chi connectivity index (χ0) is 12.3. The Morgan fingerprint density at radius 1 is 1.47 bits per heavy atom. The summed E-state index contributed by atoms with van der Waals surface area (Å²) in [5.41, 5.74) is 1.13. The number of carbonyl (C=O) groups is 1. The molecule has 1 aliphatic heterocycles. The molecule has 1 aliphatic rings. The third kappa shape index (κ3) is 2.54. The summed E-state index contributed by atoms with van der Waals surface area (Å²) >= 11 is 0. The van der Waals surface area contributed by atoms with Gasteiger partial charge in [-0.2, -0.15) is 0 Å². The molecule has 0 unspecified atom stereocenters. The highest BCUT2D eigenvalue weighted by Crippen LogP contribution is 2.17. The molecule has 17 heavy (non-hydrogen) atoms. The van der Waals surface area contributed by atoms with Crippen LogP contribution in [0.25, 0.3) is 0 Å². The number of hydrogen-bond donors (Lipinski definition) is 0. The van der Waals surface area contributed by atoms with Crippen molar-refractivity contribution in [1.29, 1.82) is 0 Å². The summed E-state index contributed by atoms with van der Waals surface area (Å²) in [6, 6.07) is 0. The molecule has 1 fully saturated rings. The van der Waals surface area contributed by atoms with Crippen LogP contribution in [0.3, 0.4) is 0 Å². The first-order chi connectivity index (χ1) is 8.22. The van der Waals surface area contributed by atoms with E-state index >= 15 is 0 Å². The van der Waals surface area contributed by atoms with E-state index in [-0.39, 0.29) is 5.97 Å². The third-order valence-corrected chi connectivity index (χ3v) is 2.85. The lowest BCUT2D eigenvalue weighted by Gasteiger charge is -2.15. The van der Waals surface area contributed by atoms with E-state index in [4.69, 9.17) is 4.74 Å². The number of aromatic nitrogens is 2. The lowest BCUT2D eigenvalue weighted by atomic mass is 10.2. The summed E-state index contributed by atoms with van der Waals surface area (Å²) < 4.78 is 4.94. The molecule has 0 saturated carbocycles. The number of ether oxygens (including phenoxy) is 1. The average molecular weight is 235 g/mol. The first-order valence-electron chi connectivity index (χ1n) is 5.98. The molecule has 92 valence electrons. The Balaban J connectivity index is 2.19. The number of nitrogens with zero attached hydrogens (tertiary/aromatic N) is 3. The van der Waals surface area contributed by atoms with Gasteiger partial charge in [-0.05, 0) is 26.7 Å². The van der Waals surface area contributed by atoms with Gasteiger partial charge in [0.25, 0.3) is 0 Å². The number of carbonyl (C=O) groups excluding carboxylic acids is 1. The maximum atomic E-state index is 11.6. The lowest BCUT2D eigenvalue weighted by Crippen LogP contribution is -2.21. The summed E-state index contributed by atoms with van der Waals surface area (Å²) in [5.74, 6) is 0.367. The Hall–Kier alpha value is -1.65. The summed E-state index contributed by atoms with van der Waals surface area (Å²) in [5, 5.41) is 0. The number of aryl methyl sites for hydroxylation is 1. The number of esters is 1. The second kappa shape index (κ2) is 5.12. The Morgan fingerprint density at radius 3 is 2.76 bits per heavy atom. The molecule has 2 rings (SSSR count). The highest BCUT2D eigenvalue weighted by Gasteiger charge is 2.18. The molecule has 1 saturated heterocycles. The van der Waals surface area contributed by atoms with E-state index in [0.717, 1.165) is 13.1 Å². The quantitative estimate of drug-likeness (QED) is 0.744. The number of anilines is 1. The second-order valence-corrected chi connectivity index (χ2v) is 4.08. The lowest BCUT2D eigenvalue weighted by molar-refractivity contribution is 0.0524. The van der Waals surface area contributed by atoms with Gasteiger partial charge in [-0.25, -0.2) is 14.8 Å². The van der Waals surface area contributed by atoms with E-state index in [1.165, 1.54) is 12.8 Å². The molecule has 1 aromatic heterocycles. The van der Waals surface area contributed by atoms with Crippen molar-refractivity contribution in [3.05, 3.63) is 17.5 Å². The first-order valence-corrected chi connectivity index (χ1v) is 5.98. The van der Waals surface area contributed by atoms with Crippen molar-refractivity contribution >= 4 is 11.9 Å². The van der Waals surface area contributed by atoms with Crippen LogP contribution in [0, 0.1) is 6.92 Å². The van der Waals surface area contributed by atoms with Gasteiger partial charge in [0.2, 0.25) is 5.95 Å². The maximum Gasteiger partial charge on any atom is 0.341 e. The summed E-state index contributed by atoms with van der Waals surface area (Å²) in [7, 11) is 0. The molecule has 0 amide bonds. The van der Waals surface area contributed by atoms with E-state index in [0.29, 0.717) is 23.8 Å². The first kappa shape index (κ1) is 11.8. The Labute approximate surface area is 101 Å². The van der Waals surface area contributed by atoms with Crippen LogP contribution in [0.2, 0.25) is 0 Å². The van der Waals surface area contributed by atoms with Crippen molar-refractivity contribution in [2.45, 2.75) is 26.7 Å². The van der Waals surface area contributed by atoms with Crippen LogP contribution < -0.4 is 4.90 Å². The maximum absolute atomic E-state index is 11.6. The molecule has 0 atom stereocenters. The SMILES string of the molecule is CCOC(=O)c1cnc(N2CCCC2)nc1C. The number of rotatable bonds is 3. The van der Waals surface area contributed by atoms with Crippen molar-refractivity contribution in [3.63, 3.8) is 0 Å². The van der Waals surface area contributed by atoms with Gasteiger partial charge in [0.05, 0.1) is 17.9 Å². The van der Waals surface area contributed by atoms with Crippen LogP contribution in [-0.2, 0) is 4.74 Å². The fraction of sp³-hybridized carbons (Fsp3) is 0.583. The van der Waals surface area contributed by atoms with Gasteiger partial charge in [0.15, 0.2) is 0 Å². The molecule has 5 heteroatoms. The fourth-order valence-electron chi connectivity index (χ4n) is 1.93. The van der Waals surface area contributed by atoms with Gasteiger partial charge in [0, 0.05) is 19.3 Å². The van der Waals surface area contributed by atoms with Gasteiger partial charge in [0.1, 0.15) is 0 Å². The molecular formula is C12H17N3O2. The molecule has 0 bridgehead atoms. The summed E-state index contributed by atoms with van der Waals surface area (Å²) in [6.07, 6.45) is 3.93. The molecule has 0 N–H and O–H groups in total. The Kier molecular flexibility index (Phi) is 3.56. The third-order valence-electron chi connectivity index (χ3n) is 2.85. The van der Waals surface area contributed by atoms with Crippen LogP contribution in [0.4, 0.5) is 5.95 Å². The van der Waals surface area contributed by atoms with Crippen LogP contribution in [-0.4, -0.2) is 35.6 Å². The topological polar surface area (TPSA) is 55.3 Å². The van der Waals surface area contributed by atoms with Crippen molar-refractivity contribution in [2.24, 2.45) is 0 Å². The van der Waals surface area contributed by atoms with Gasteiger partial charge in [-0.1, -0.05) is 0 Å². The van der Waals surface area contributed by atoms with Crippen LogP contribution in [0.5, 0.6) is 0 Å². The van der Waals surface area contributed by atoms with Crippen molar-refractivity contribution in [1.82, 2.24) is 9.97 Å². The Morgan fingerprint density at radius 2 is 2.18 bits per heavy atom. The van der Waals surface area contributed by atoms with E-state index < -0.39 is 0 Å². The highest BCUT2D eigenvalue weighted by atomic mass is 16.5. The normalized spacial score (nSPS) is 15.1. The molecule has 0 spiro atoms.